The molecule has 110 valence electrons. The first-order valence-corrected chi connectivity index (χ1v) is 7.58. The zero-order valence-electron chi connectivity index (χ0n) is 12.4. The van der Waals surface area contributed by atoms with Crippen LogP contribution in [0.1, 0.15) is 47.6 Å². The molecule has 0 radical (unpaired) electrons. The van der Waals surface area contributed by atoms with Crippen molar-refractivity contribution in [2.24, 2.45) is 11.7 Å². The van der Waals surface area contributed by atoms with E-state index in [4.69, 9.17) is 5.73 Å². The van der Waals surface area contributed by atoms with Crippen LogP contribution in [-0.2, 0) is 10.2 Å². The van der Waals surface area contributed by atoms with Crippen LogP contribution in [0.5, 0.6) is 0 Å². The highest BCUT2D eigenvalue weighted by atomic mass is 32.1. The molecule has 1 aromatic rings. The number of hydrogen-bond donors (Lipinski definition) is 1. The van der Waals surface area contributed by atoms with Gasteiger partial charge in [0, 0.05) is 18.5 Å². The van der Waals surface area contributed by atoms with Gasteiger partial charge in [0.2, 0.25) is 5.91 Å². The first-order valence-electron chi connectivity index (χ1n) is 6.76. The molecule has 1 aromatic heterocycles. The van der Waals surface area contributed by atoms with E-state index in [1.165, 1.54) is 11.3 Å². The number of nitrogens with zero attached hydrogens (tertiary/aromatic N) is 2. The van der Waals surface area contributed by atoms with E-state index in [9.17, 15) is 9.59 Å². The van der Waals surface area contributed by atoms with Crippen LogP contribution in [0, 0.1) is 12.8 Å². The average Bonchev–Trinajstić information content (AvgIpc) is 2.93. The van der Waals surface area contributed by atoms with Crippen LogP contribution in [0.3, 0.4) is 0 Å². The molecule has 0 aromatic carbocycles. The van der Waals surface area contributed by atoms with Crippen molar-refractivity contribution in [3.05, 3.63) is 15.6 Å². The lowest BCUT2D eigenvalue weighted by Gasteiger charge is -2.15. The second-order valence-electron chi connectivity index (χ2n) is 6.32. The Morgan fingerprint density at radius 1 is 1.40 bits per heavy atom. The predicted molar refractivity (Wildman–Crippen MR) is 78.8 cm³/mol. The molecule has 2 N–H and O–H groups in total. The first kappa shape index (κ1) is 15.0. The molecule has 1 aliphatic rings. The molecule has 6 heteroatoms. The van der Waals surface area contributed by atoms with Gasteiger partial charge in [0.1, 0.15) is 4.88 Å². The van der Waals surface area contributed by atoms with Crippen molar-refractivity contribution in [1.82, 2.24) is 9.88 Å². The summed E-state index contributed by atoms with van der Waals surface area (Å²) < 4.78 is 0. The molecule has 1 aliphatic heterocycles. The molecule has 2 amide bonds. The minimum atomic E-state index is -0.322. The third kappa shape index (κ3) is 2.85. The van der Waals surface area contributed by atoms with Gasteiger partial charge in [-0.25, -0.2) is 4.98 Å². The van der Waals surface area contributed by atoms with Gasteiger partial charge in [-0.15, -0.1) is 11.3 Å². The summed E-state index contributed by atoms with van der Waals surface area (Å²) in [6.45, 7) is 9.13. The first-order chi connectivity index (χ1) is 9.20. The van der Waals surface area contributed by atoms with Crippen LogP contribution >= 0.6 is 11.3 Å². The summed E-state index contributed by atoms with van der Waals surface area (Å²) >= 11 is 1.45. The summed E-state index contributed by atoms with van der Waals surface area (Å²) in [6, 6.07) is 0. The molecule has 1 saturated heterocycles. The topological polar surface area (TPSA) is 76.3 Å². The Balaban J connectivity index is 2.18. The maximum atomic E-state index is 12.5. The van der Waals surface area contributed by atoms with Crippen molar-refractivity contribution in [2.45, 2.75) is 39.5 Å². The quantitative estimate of drug-likeness (QED) is 0.902. The van der Waals surface area contributed by atoms with Gasteiger partial charge >= 0.3 is 0 Å². The summed E-state index contributed by atoms with van der Waals surface area (Å²) in [5, 5.41) is 0.962. The number of nitrogens with two attached hydrogens (primary N) is 1. The van der Waals surface area contributed by atoms with E-state index in [2.05, 4.69) is 25.8 Å². The highest BCUT2D eigenvalue weighted by Gasteiger charge is 2.32. The number of carbonyl (C=O) groups is 2. The van der Waals surface area contributed by atoms with Crippen molar-refractivity contribution < 1.29 is 9.59 Å². The molecule has 1 atom stereocenters. The molecule has 5 nitrogen and oxygen atoms in total. The standard InChI is InChI=1S/C14H21N3O2S/c1-8-10(20-13(16-8)14(2,3)4)12(19)17-6-5-9(7-17)11(15)18/h9H,5-7H2,1-4H3,(H2,15,18)/t9-/m0/s1. The monoisotopic (exact) mass is 295 g/mol. The summed E-state index contributed by atoms with van der Waals surface area (Å²) in [5.74, 6) is -0.565. The van der Waals surface area contributed by atoms with Gasteiger partial charge in [0.15, 0.2) is 0 Å². The molecule has 0 aliphatic carbocycles. The molecule has 0 saturated carbocycles. The van der Waals surface area contributed by atoms with E-state index in [-0.39, 0.29) is 23.1 Å². The Kier molecular flexibility index (Phi) is 3.86. The van der Waals surface area contributed by atoms with Gasteiger partial charge < -0.3 is 10.6 Å². The van der Waals surface area contributed by atoms with E-state index in [0.717, 1.165) is 10.7 Å². The third-order valence-corrected chi connectivity index (χ3v) is 5.08. The third-order valence-electron chi connectivity index (χ3n) is 3.51. The fraction of sp³-hybridized carbons (Fsp3) is 0.643. The lowest BCUT2D eigenvalue weighted by Crippen LogP contribution is -2.31. The molecule has 20 heavy (non-hydrogen) atoms. The highest BCUT2D eigenvalue weighted by Crippen LogP contribution is 2.30. The van der Waals surface area contributed by atoms with Gasteiger partial charge in [-0.1, -0.05) is 20.8 Å². The number of carbonyl (C=O) groups excluding carboxylic acids is 2. The second-order valence-corrected chi connectivity index (χ2v) is 7.32. The number of primary amides is 1. The van der Waals surface area contributed by atoms with E-state index in [0.29, 0.717) is 24.4 Å². The van der Waals surface area contributed by atoms with Crippen LogP contribution in [-0.4, -0.2) is 34.8 Å². The number of hydrogen-bond acceptors (Lipinski definition) is 4. The summed E-state index contributed by atoms with van der Waals surface area (Å²) in [7, 11) is 0. The SMILES string of the molecule is Cc1nc(C(C)(C)C)sc1C(=O)N1CC[C@H](C(N)=O)C1. The number of thiazole rings is 1. The number of aromatic nitrogens is 1. The molecule has 0 bridgehead atoms. The van der Waals surface area contributed by atoms with Gasteiger partial charge in [-0.3, -0.25) is 9.59 Å². The van der Waals surface area contributed by atoms with E-state index in [1.54, 1.807) is 4.90 Å². The Morgan fingerprint density at radius 2 is 2.05 bits per heavy atom. The van der Waals surface area contributed by atoms with E-state index < -0.39 is 0 Å². The van der Waals surface area contributed by atoms with Crippen molar-refractivity contribution in [3.63, 3.8) is 0 Å². The Hall–Kier alpha value is -1.43. The van der Waals surface area contributed by atoms with E-state index >= 15 is 0 Å². The normalized spacial score (nSPS) is 19.4. The fourth-order valence-corrected chi connectivity index (χ4v) is 3.33. The van der Waals surface area contributed by atoms with Gasteiger partial charge in [0.25, 0.3) is 5.91 Å². The van der Waals surface area contributed by atoms with E-state index in [1.807, 2.05) is 6.92 Å². The van der Waals surface area contributed by atoms with Crippen LogP contribution < -0.4 is 5.73 Å². The van der Waals surface area contributed by atoms with Crippen LogP contribution in [0.4, 0.5) is 0 Å². The fourth-order valence-electron chi connectivity index (χ4n) is 2.24. The maximum Gasteiger partial charge on any atom is 0.265 e. The molecular formula is C14H21N3O2S. The zero-order chi connectivity index (χ0) is 15.1. The minimum Gasteiger partial charge on any atom is -0.369 e. The maximum absolute atomic E-state index is 12.5. The highest BCUT2D eigenvalue weighted by molar-refractivity contribution is 7.14. The number of likely N-dealkylation sites (tertiary alicyclic amines) is 1. The molecule has 0 spiro atoms. The lowest BCUT2D eigenvalue weighted by molar-refractivity contribution is -0.121. The molecule has 0 unspecified atom stereocenters. The Labute approximate surface area is 123 Å². The number of rotatable bonds is 2. The van der Waals surface area contributed by atoms with Gasteiger partial charge in [-0.2, -0.15) is 0 Å². The average molecular weight is 295 g/mol. The predicted octanol–water partition coefficient (Wildman–Crippen LogP) is 1.70. The summed E-state index contributed by atoms with van der Waals surface area (Å²) in [6.07, 6.45) is 0.658. The van der Waals surface area contributed by atoms with Crippen molar-refractivity contribution in [1.29, 1.82) is 0 Å². The van der Waals surface area contributed by atoms with Crippen LogP contribution in [0.15, 0.2) is 0 Å². The van der Waals surface area contributed by atoms with Crippen molar-refractivity contribution in [2.75, 3.05) is 13.1 Å². The largest absolute Gasteiger partial charge is 0.369 e. The molecule has 1 fully saturated rings. The Bertz CT molecular complexity index is 545. The smallest absolute Gasteiger partial charge is 0.265 e. The number of aryl methyl sites for hydroxylation is 1. The van der Waals surface area contributed by atoms with Gasteiger partial charge in [-0.05, 0) is 13.3 Å². The zero-order valence-corrected chi connectivity index (χ0v) is 13.2. The van der Waals surface area contributed by atoms with Crippen molar-refractivity contribution in [3.8, 4) is 0 Å². The van der Waals surface area contributed by atoms with Crippen LogP contribution in [0.25, 0.3) is 0 Å². The summed E-state index contributed by atoms with van der Waals surface area (Å²) in [5.41, 5.74) is 6.01. The molecular weight excluding hydrogens is 274 g/mol. The minimum absolute atomic E-state index is 0.0285. The van der Waals surface area contributed by atoms with Gasteiger partial charge in [0.05, 0.1) is 16.6 Å². The number of amides is 2. The van der Waals surface area contributed by atoms with Crippen molar-refractivity contribution >= 4 is 23.2 Å². The molecule has 2 rings (SSSR count). The second kappa shape index (κ2) is 5.16. The molecule has 2 heterocycles. The summed E-state index contributed by atoms with van der Waals surface area (Å²) in [4.78, 5) is 30.6. The van der Waals surface area contributed by atoms with Crippen LogP contribution in [0.2, 0.25) is 0 Å². The lowest BCUT2D eigenvalue weighted by atomic mass is 9.98. The Morgan fingerprint density at radius 3 is 2.50 bits per heavy atom.